The first-order valence-corrected chi connectivity index (χ1v) is 5.60. The van der Waals surface area contributed by atoms with Crippen LogP contribution in [0.3, 0.4) is 0 Å². The fraction of sp³-hybridized carbons (Fsp3) is 0.900. The molecule has 0 aliphatic carbocycles. The Kier molecular flexibility index (Phi) is 5.35. The van der Waals surface area contributed by atoms with Crippen LogP contribution < -0.4 is 0 Å². The van der Waals surface area contributed by atoms with Gasteiger partial charge in [-0.15, -0.1) is 0 Å². The van der Waals surface area contributed by atoms with Crippen LogP contribution in [0.25, 0.3) is 0 Å². The first-order valence-electron chi connectivity index (χ1n) is 5.60. The Balaban J connectivity index is 2.74. The van der Waals surface area contributed by atoms with Gasteiger partial charge in [0.05, 0.1) is 19.8 Å². The summed E-state index contributed by atoms with van der Waals surface area (Å²) in [7, 11) is 0. The predicted octanol–water partition coefficient (Wildman–Crippen LogP) is -4.89. The fourth-order valence-corrected chi connectivity index (χ4v) is 1.72. The highest BCUT2D eigenvalue weighted by atomic mass is 16.5. The molecule has 1 rings (SSSR count). The van der Waals surface area contributed by atoms with Crippen molar-refractivity contribution in [3.8, 4) is 0 Å². The summed E-state index contributed by atoms with van der Waals surface area (Å²) in [4.78, 5) is 11.7. The molecule has 7 N–H and O–H groups in total. The maximum absolute atomic E-state index is 11.7. The summed E-state index contributed by atoms with van der Waals surface area (Å²) in [5, 5.41) is 64.7. The molecule has 112 valence electrons. The number of carbonyl (C=O) groups is 1. The first kappa shape index (κ1) is 16.4. The van der Waals surface area contributed by atoms with Crippen LogP contribution in [0.2, 0.25) is 0 Å². The molecule has 1 aliphatic rings. The zero-order chi connectivity index (χ0) is 14.8. The van der Waals surface area contributed by atoms with Gasteiger partial charge in [-0.1, -0.05) is 0 Å². The van der Waals surface area contributed by atoms with Crippen molar-refractivity contribution >= 4 is 5.78 Å². The lowest BCUT2D eigenvalue weighted by atomic mass is 9.92. The van der Waals surface area contributed by atoms with Gasteiger partial charge >= 0.3 is 0 Å². The van der Waals surface area contributed by atoms with Gasteiger partial charge in [-0.2, -0.15) is 0 Å². The van der Waals surface area contributed by atoms with Crippen molar-refractivity contribution in [3.63, 3.8) is 0 Å². The minimum absolute atomic E-state index is 0.521. The van der Waals surface area contributed by atoms with E-state index in [1.807, 2.05) is 0 Å². The highest BCUT2D eigenvalue weighted by molar-refractivity contribution is 5.88. The van der Waals surface area contributed by atoms with E-state index in [9.17, 15) is 25.2 Å². The van der Waals surface area contributed by atoms with E-state index in [0.717, 1.165) is 0 Å². The average Bonchev–Trinajstić information content (AvgIpc) is 2.72. The van der Waals surface area contributed by atoms with Crippen molar-refractivity contribution in [2.24, 2.45) is 0 Å². The van der Waals surface area contributed by atoms with Gasteiger partial charge < -0.3 is 40.5 Å². The Hall–Kier alpha value is -0.650. The lowest BCUT2D eigenvalue weighted by molar-refractivity contribution is -0.153. The highest BCUT2D eigenvalue weighted by Crippen LogP contribution is 2.26. The van der Waals surface area contributed by atoms with E-state index in [4.69, 9.17) is 20.1 Å². The van der Waals surface area contributed by atoms with Gasteiger partial charge in [0, 0.05) is 0 Å². The Morgan fingerprint density at radius 1 is 1.32 bits per heavy atom. The van der Waals surface area contributed by atoms with Crippen LogP contribution in [0.1, 0.15) is 0 Å². The summed E-state index contributed by atoms with van der Waals surface area (Å²) in [6, 6.07) is 0. The minimum atomic E-state index is -2.11. The molecule has 0 aromatic carbocycles. The van der Waals surface area contributed by atoms with Crippen LogP contribution in [0, 0.1) is 0 Å². The molecule has 9 nitrogen and oxygen atoms in total. The molecular weight excluding hydrogens is 264 g/mol. The number of rotatable bonds is 6. The number of Topliss-reactive ketones (excluding diaryl/α,β-unsaturated/α-hetero) is 1. The van der Waals surface area contributed by atoms with Crippen LogP contribution in [0.15, 0.2) is 0 Å². The average molecular weight is 282 g/mol. The van der Waals surface area contributed by atoms with Gasteiger partial charge in [-0.25, -0.2) is 0 Å². The topological polar surface area (TPSA) is 168 Å². The first-order chi connectivity index (χ1) is 8.78. The minimum Gasteiger partial charge on any atom is -0.394 e. The van der Waals surface area contributed by atoms with Crippen LogP contribution >= 0.6 is 0 Å². The van der Waals surface area contributed by atoms with Crippen molar-refractivity contribution in [1.29, 1.82) is 0 Å². The van der Waals surface area contributed by atoms with Crippen LogP contribution in [0.5, 0.6) is 0 Å². The zero-order valence-corrected chi connectivity index (χ0v) is 9.96. The molecule has 9 heteroatoms. The molecule has 1 heterocycles. The van der Waals surface area contributed by atoms with Crippen molar-refractivity contribution in [2.45, 2.75) is 36.1 Å². The monoisotopic (exact) mass is 282 g/mol. The molecule has 0 bridgehead atoms. The maximum atomic E-state index is 11.7. The third kappa shape index (κ3) is 3.09. The molecule has 0 spiro atoms. The lowest BCUT2D eigenvalue weighted by Crippen LogP contribution is -2.53. The van der Waals surface area contributed by atoms with Crippen molar-refractivity contribution in [1.82, 2.24) is 0 Å². The number of hydrogen-bond acceptors (Lipinski definition) is 9. The maximum Gasteiger partial charge on any atom is 0.195 e. The molecule has 0 aromatic heterocycles. The van der Waals surface area contributed by atoms with Crippen LogP contribution in [-0.4, -0.2) is 97.5 Å². The number of aliphatic hydroxyl groups is 7. The van der Waals surface area contributed by atoms with Gasteiger partial charge in [-0.05, 0) is 0 Å². The second-order valence-electron chi connectivity index (χ2n) is 4.53. The highest BCUT2D eigenvalue weighted by Gasteiger charge is 2.52. The molecule has 0 radical (unpaired) electrons. The summed E-state index contributed by atoms with van der Waals surface area (Å²) in [5.74, 6) is -1.17. The van der Waals surface area contributed by atoms with Crippen LogP contribution in [0.4, 0.5) is 0 Å². The summed E-state index contributed by atoms with van der Waals surface area (Å²) in [6.45, 7) is -2.25. The largest absolute Gasteiger partial charge is 0.394 e. The SMILES string of the molecule is O=C(C1OCC(O)(CO)[C@H]1O)[C@@H](O)[C@H](O)[C@H](O)CO. The normalized spacial score (nSPS) is 35.9. The summed E-state index contributed by atoms with van der Waals surface area (Å²) in [5.41, 5.74) is -2.03. The number of carbonyl (C=O) groups excluding carboxylic acids is 1. The number of aliphatic hydroxyl groups excluding tert-OH is 6. The van der Waals surface area contributed by atoms with E-state index in [1.54, 1.807) is 0 Å². The summed E-state index contributed by atoms with van der Waals surface area (Å²) >= 11 is 0. The Morgan fingerprint density at radius 3 is 2.32 bits per heavy atom. The van der Waals surface area contributed by atoms with E-state index < -0.39 is 61.7 Å². The fourth-order valence-electron chi connectivity index (χ4n) is 1.72. The van der Waals surface area contributed by atoms with E-state index in [0.29, 0.717) is 0 Å². The lowest BCUT2D eigenvalue weighted by Gasteiger charge is -2.26. The Bertz CT molecular complexity index is 322. The number of ether oxygens (including phenoxy) is 1. The van der Waals surface area contributed by atoms with E-state index in [2.05, 4.69) is 0 Å². The zero-order valence-electron chi connectivity index (χ0n) is 9.96. The summed E-state index contributed by atoms with van der Waals surface area (Å²) < 4.78 is 4.79. The van der Waals surface area contributed by atoms with Gasteiger partial charge in [0.25, 0.3) is 0 Å². The standard InChI is InChI=1S/C10H18O9/c11-1-4(13)5(14)6(15)7(16)8-9(17)10(18,2-12)3-19-8/h4-6,8-9,11-15,17-18H,1-3H2/t4-,5-,6+,8?,9+,10?/m1/s1. The molecule has 19 heavy (non-hydrogen) atoms. The van der Waals surface area contributed by atoms with Gasteiger partial charge in [0.1, 0.15) is 36.1 Å². The molecule has 1 saturated heterocycles. The van der Waals surface area contributed by atoms with Gasteiger partial charge in [-0.3, -0.25) is 4.79 Å². The number of ketones is 1. The van der Waals surface area contributed by atoms with Gasteiger partial charge in [0.2, 0.25) is 0 Å². The second kappa shape index (κ2) is 6.20. The predicted molar refractivity (Wildman–Crippen MR) is 57.9 cm³/mol. The van der Waals surface area contributed by atoms with Gasteiger partial charge in [0.15, 0.2) is 5.78 Å². The molecule has 1 fully saturated rings. The molecular formula is C10H18O9. The quantitative estimate of drug-likeness (QED) is 0.252. The van der Waals surface area contributed by atoms with Crippen LogP contribution in [-0.2, 0) is 9.53 Å². The van der Waals surface area contributed by atoms with Crippen molar-refractivity contribution in [3.05, 3.63) is 0 Å². The number of hydrogen-bond donors (Lipinski definition) is 7. The van der Waals surface area contributed by atoms with Crippen molar-refractivity contribution in [2.75, 3.05) is 19.8 Å². The third-order valence-corrected chi connectivity index (χ3v) is 3.10. The Labute approximate surface area is 108 Å². The van der Waals surface area contributed by atoms with Crippen molar-refractivity contribution < 1.29 is 45.3 Å². The smallest absolute Gasteiger partial charge is 0.195 e. The molecule has 0 amide bonds. The second-order valence-corrected chi connectivity index (χ2v) is 4.53. The molecule has 2 unspecified atom stereocenters. The van der Waals surface area contributed by atoms with E-state index in [-0.39, 0.29) is 0 Å². The van der Waals surface area contributed by atoms with E-state index in [1.165, 1.54) is 0 Å². The third-order valence-electron chi connectivity index (χ3n) is 3.10. The Morgan fingerprint density at radius 2 is 1.89 bits per heavy atom. The summed E-state index contributed by atoms with van der Waals surface area (Å²) in [6.07, 6.45) is -9.24. The molecule has 0 aromatic rings. The molecule has 1 aliphatic heterocycles. The van der Waals surface area contributed by atoms with E-state index >= 15 is 0 Å². The molecule has 6 atom stereocenters. The molecule has 0 saturated carbocycles.